The number of rotatable bonds is 2. The molecule has 0 aliphatic carbocycles. The van der Waals surface area contributed by atoms with Crippen molar-refractivity contribution in [2.75, 3.05) is 31.6 Å². The van der Waals surface area contributed by atoms with Gasteiger partial charge in [0.1, 0.15) is 5.82 Å². The van der Waals surface area contributed by atoms with Gasteiger partial charge in [0.15, 0.2) is 0 Å². The van der Waals surface area contributed by atoms with Crippen LogP contribution in [0.15, 0.2) is 12.1 Å². The zero-order valence-electron chi connectivity index (χ0n) is 13.3. The molecule has 6 heteroatoms. The van der Waals surface area contributed by atoms with Crippen molar-refractivity contribution in [3.63, 3.8) is 0 Å². The lowest BCUT2D eigenvalue weighted by Crippen LogP contribution is -2.54. The van der Waals surface area contributed by atoms with Crippen molar-refractivity contribution in [2.45, 2.75) is 33.2 Å². The molecule has 2 heterocycles. The minimum atomic E-state index is 0.0468. The quantitative estimate of drug-likeness (QED) is 0.633. The molecule has 0 radical (unpaired) electrons. The number of amides is 1. The van der Waals surface area contributed by atoms with Crippen molar-refractivity contribution in [3.8, 4) is 0 Å². The zero-order valence-corrected chi connectivity index (χ0v) is 13.3. The number of carbonyl (C=O) groups excluding carboxylic acids is 1. The van der Waals surface area contributed by atoms with Crippen molar-refractivity contribution in [3.05, 3.63) is 23.4 Å². The lowest BCUT2D eigenvalue weighted by atomic mass is 10.0. The minimum Gasteiger partial charge on any atom is -0.336 e. The summed E-state index contributed by atoms with van der Waals surface area (Å²) in [6.07, 6.45) is 0. The van der Waals surface area contributed by atoms with Crippen LogP contribution in [0, 0.1) is 6.92 Å². The zero-order chi connectivity index (χ0) is 15.6. The molecule has 3 N–H and O–H groups in total. The van der Waals surface area contributed by atoms with Gasteiger partial charge < -0.3 is 10.3 Å². The van der Waals surface area contributed by atoms with E-state index in [1.807, 2.05) is 11.8 Å². The van der Waals surface area contributed by atoms with E-state index in [-0.39, 0.29) is 11.4 Å². The Kier molecular flexibility index (Phi) is 4.49. The highest BCUT2D eigenvalue weighted by atomic mass is 16.2. The number of anilines is 1. The predicted molar refractivity (Wildman–Crippen MR) is 84.0 cm³/mol. The Labute approximate surface area is 126 Å². The number of aromatic nitrogens is 1. The molecule has 1 aromatic heterocycles. The van der Waals surface area contributed by atoms with Crippen LogP contribution in [0.2, 0.25) is 0 Å². The van der Waals surface area contributed by atoms with E-state index in [0.717, 1.165) is 31.9 Å². The van der Waals surface area contributed by atoms with Crippen LogP contribution in [0.3, 0.4) is 0 Å². The highest BCUT2D eigenvalue weighted by Crippen LogP contribution is 2.18. The number of piperazine rings is 1. The van der Waals surface area contributed by atoms with E-state index < -0.39 is 0 Å². The highest BCUT2D eigenvalue weighted by molar-refractivity contribution is 5.95. The highest BCUT2D eigenvalue weighted by Gasteiger charge is 2.28. The molecular weight excluding hydrogens is 266 g/mol. The fraction of sp³-hybridized carbons (Fsp3) is 0.600. The number of pyridine rings is 1. The van der Waals surface area contributed by atoms with Gasteiger partial charge in [0.05, 0.1) is 0 Å². The monoisotopic (exact) mass is 291 g/mol. The van der Waals surface area contributed by atoms with Crippen molar-refractivity contribution in [1.29, 1.82) is 0 Å². The number of nitrogens with one attached hydrogen (secondary N) is 1. The molecule has 1 aliphatic rings. The van der Waals surface area contributed by atoms with Crippen LogP contribution in [0.25, 0.3) is 0 Å². The summed E-state index contributed by atoms with van der Waals surface area (Å²) in [7, 11) is 0. The van der Waals surface area contributed by atoms with Gasteiger partial charge in [-0.15, -0.1) is 0 Å². The van der Waals surface area contributed by atoms with Crippen LogP contribution in [0.5, 0.6) is 0 Å². The third-order valence-corrected chi connectivity index (χ3v) is 3.86. The summed E-state index contributed by atoms with van der Waals surface area (Å²) in [4.78, 5) is 21.1. The fourth-order valence-electron chi connectivity index (χ4n) is 2.63. The van der Waals surface area contributed by atoms with E-state index >= 15 is 0 Å². The number of hydrazine groups is 1. The summed E-state index contributed by atoms with van der Waals surface area (Å²) >= 11 is 0. The van der Waals surface area contributed by atoms with Crippen molar-refractivity contribution in [1.82, 2.24) is 14.8 Å². The second kappa shape index (κ2) is 5.99. The van der Waals surface area contributed by atoms with Crippen LogP contribution in [0.1, 0.15) is 36.8 Å². The van der Waals surface area contributed by atoms with Crippen LogP contribution >= 0.6 is 0 Å². The maximum absolute atomic E-state index is 12.6. The van der Waals surface area contributed by atoms with Crippen LogP contribution in [0.4, 0.5) is 5.82 Å². The van der Waals surface area contributed by atoms with Crippen molar-refractivity contribution < 1.29 is 4.79 Å². The maximum Gasteiger partial charge on any atom is 0.254 e. The Morgan fingerprint density at radius 1 is 1.24 bits per heavy atom. The smallest absolute Gasteiger partial charge is 0.254 e. The summed E-state index contributed by atoms with van der Waals surface area (Å²) in [5.41, 5.74) is 4.07. The molecule has 1 aromatic rings. The number of carbonyl (C=O) groups is 1. The third kappa shape index (κ3) is 3.71. The van der Waals surface area contributed by atoms with Gasteiger partial charge in [-0.3, -0.25) is 9.69 Å². The van der Waals surface area contributed by atoms with Crippen molar-refractivity contribution >= 4 is 11.7 Å². The van der Waals surface area contributed by atoms with Gasteiger partial charge in [0, 0.05) is 43.0 Å². The normalized spacial score (nSPS) is 16.9. The summed E-state index contributed by atoms with van der Waals surface area (Å²) in [5.74, 6) is 5.96. The Morgan fingerprint density at radius 2 is 1.86 bits per heavy atom. The van der Waals surface area contributed by atoms with Crippen molar-refractivity contribution in [2.24, 2.45) is 5.84 Å². The molecule has 0 atom stereocenters. The molecule has 1 amide bonds. The standard InChI is InChI=1S/C15H25N5O/c1-11-9-12(10-13(17-11)18-16)14(21)19-5-7-20(8-6-19)15(2,3)4/h9-10H,5-8,16H2,1-4H3,(H,17,18). The summed E-state index contributed by atoms with van der Waals surface area (Å²) < 4.78 is 0. The Morgan fingerprint density at radius 3 is 2.38 bits per heavy atom. The average Bonchev–Trinajstić information content (AvgIpc) is 2.45. The number of nitrogen functional groups attached to an aromatic ring is 1. The third-order valence-electron chi connectivity index (χ3n) is 3.86. The molecule has 6 nitrogen and oxygen atoms in total. The first-order chi connectivity index (χ1) is 9.81. The molecule has 1 saturated heterocycles. The second-order valence-corrected chi connectivity index (χ2v) is 6.48. The van der Waals surface area contributed by atoms with E-state index in [9.17, 15) is 4.79 Å². The van der Waals surface area contributed by atoms with Gasteiger partial charge in [0.2, 0.25) is 0 Å². The summed E-state index contributed by atoms with van der Waals surface area (Å²) in [6, 6.07) is 3.50. The number of aryl methyl sites for hydroxylation is 1. The van der Waals surface area contributed by atoms with Crippen LogP contribution in [-0.4, -0.2) is 52.4 Å². The molecule has 0 aromatic carbocycles. The fourth-order valence-corrected chi connectivity index (χ4v) is 2.63. The molecule has 0 saturated carbocycles. The lowest BCUT2D eigenvalue weighted by Gasteiger charge is -2.42. The topological polar surface area (TPSA) is 74.5 Å². The minimum absolute atomic E-state index is 0.0468. The molecule has 21 heavy (non-hydrogen) atoms. The number of nitrogens with zero attached hydrogens (tertiary/aromatic N) is 3. The van der Waals surface area contributed by atoms with E-state index in [0.29, 0.717) is 11.4 Å². The second-order valence-electron chi connectivity index (χ2n) is 6.48. The molecular formula is C15H25N5O. The molecule has 1 fully saturated rings. The van der Waals surface area contributed by atoms with E-state index in [1.54, 1.807) is 12.1 Å². The molecule has 1 aliphatic heterocycles. The Bertz CT molecular complexity index is 515. The van der Waals surface area contributed by atoms with Gasteiger partial charge in [-0.05, 0) is 39.8 Å². The number of nitrogens with two attached hydrogens (primary N) is 1. The summed E-state index contributed by atoms with van der Waals surface area (Å²) in [6.45, 7) is 11.8. The molecule has 0 bridgehead atoms. The molecule has 116 valence electrons. The average molecular weight is 291 g/mol. The number of hydrogen-bond acceptors (Lipinski definition) is 5. The van der Waals surface area contributed by atoms with Crippen LogP contribution in [-0.2, 0) is 0 Å². The summed E-state index contributed by atoms with van der Waals surface area (Å²) in [5, 5.41) is 0. The lowest BCUT2D eigenvalue weighted by molar-refractivity contribution is 0.0451. The van der Waals surface area contributed by atoms with E-state index in [1.165, 1.54) is 0 Å². The van der Waals surface area contributed by atoms with Gasteiger partial charge in [-0.1, -0.05) is 0 Å². The molecule has 0 spiro atoms. The van der Waals surface area contributed by atoms with Crippen LogP contribution < -0.4 is 11.3 Å². The largest absolute Gasteiger partial charge is 0.336 e. The first-order valence-corrected chi connectivity index (χ1v) is 7.31. The van der Waals surface area contributed by atoms with Gasteiger partial charge >= 0.3 is 0 Å². The van der Waals surface area contributed by atoms with E-state index in [2.05, 4.69) is 36.1 Å². The SMILES string of the molecule is Cc1cc(C(=O)N2CCN(C(C)(C)C)CC2)cc(NN)n1. The first kappa shape index (κ1) is 15.7. The Balaban J connectivity index is 2.07. The maximum atomic E-state index is 12.6. The van der Waals surface area contributed by atoms with E-state index in [4.69, 9.17) is 5.84 Å². The van der Waals surface area contributed by atoms with Gasteiger partial charge in [-0.25, -0.2) is 10.8 Å². The Hall–Kier alpha value is -1.66. The number of hydrogen-bond donors (Lipinski definition) is 2. The molecule has 2 rings (SSSR count). The predicted octanol–water partition coefficient (Wildman–Crippen LogP) is 1.23. The van der Waals surface area contributed by atoms with Gasteiger partial charge in [0.25, 0.3) is 5.91 Å². The first-order valence-electron chi connectivity index (χ1n) is 7.31. The van der Waals surface area contributed by atoms with Gasteiger partial charge in [-0.2, -0.15) is 0 Å². The molecule has 0 unspecified atom stereocenters.